The first-order valence-electron chi connectivity index (χ1n) is 17.8. The van der Waals surface area contributed by atoms with Crippen LogP contribution in [0.2, 0.25) is 0 Å². The standard InChI is InChI=1S/C20H32O3.C20H32O2/c1-2-3-4-5-6-7-8-9-10-11-12-13-14-15-16-17-18-19(23-18)20(21)22;1-2-3-4-5-6-7-8-9-10-11-12-13-14-15-16-17-18-19-20(21)22/h14-17H,2-13H2,1H3,(H,21,22);6-7,9-10,12-13,15-16H,2-5,8,11,14,17-19H2,1H3,(H,21,22)/b;7-6-,10-9-,13-12-,16-15-. The largest absolute Gasteiger partial charge is 0.481 e. The highest BCUT2D eigenvalue weighted by Crippen LogP contribution is 2.27. The van der Waals surface area contributed by atoms with Gasteiger partial charge < -0.3 is 14.9 Å². The van der Waals surface area contributed by atoms with Gasteiger partial charge in [-0.25, -0.2) is 4.79 Å². The molecule has 254 valence electrons. The van der Waals surface area contributed by atoms with E-state index < -0.39 is 11.9 Å². The first-order chi connectivity index (χ1) is 22.0. The van der Waals surface area contributed by atoms with E-state index in [1.807, 2.05) is 12.2 Å². The van der Waals surface area contributed by atoms with Crippen LogP contribution in [0.15, 0.2) is 84.4 Å². The van der Waals surface area contributed by atoms with Gasteiger partial charge in [0.05, 0.1) is 0 Å². The number of ether oxygens (including phenoxy) is 1. The predicted octanol–water partition coefficient (Wildman–Crippen LogP) is 12.3. The Kier molecular flexibility index (Phi) is 31.5. The van der Waals surface area contributed by atoms with Crippen molar-refractivity contribution >= 4 is 11.9 Å². The van der Waals surface area contributed by atoms with Crippen LogP contribution in [0.5, 0.6) is 0 Å². The fourth-order valence-electron chi connectivity index (χ4n) is 4.52. The van der Waals surface area contributed by atoms with Crippen LogP contribution in [0.4, 0.5) is 0 Å². The third kappa shape index (κ3) is 33.6. The van der Waals surface area contributed by atoms with Gasteiger partial charge in [0.15, 0.2) is 5.76 Å². The molecule has 0 radical (unpaired) electrons. The van der Waals surface area contributed by atoms with Crippen molar-refractivity contribution in [1.29, 1.82) is 0 Å². The maximum absolute atomic E-state index is 10.5. The lowest BCUT2D eigenvalue weighted by atomic mass is 10.1. The Labute approximate surface area is 275 Å². The van der Waals surface area contributed by atoms with E-state index in [-0.39, 0.29) is 12.2 Å². The van der Waals surface area contributed by atoms with Crippen molar-refractivity contribution in [2.45, 2.75) is 155 Å². The molecule has 0 spiro atoms. The van der Waals surface area contributed by atoms with Crippen LogP contribution >= 0.6 is 0 Å². The van der Waals surface area contributed by atoms with Gasteiger partial charge in [-0.1, -0.05) is 158 Å². The number of carbonyl (C=O) groups is 2. The van der Waals surface area contributed by atoms with Crippen molar-refractivity contribution < 1.29 is 24.5 Å². The van der Waals surface area contributed by atoms with Crippen molar-refractivity contribution in [2.75, 3.05) is 0 Å². The van der Waals surface area contributed by atoms with Gasteiger partial charge in [-0.15, -0.1) is 0 Å². The summed E-state index contributed by atoms with van der Waals surface area (Å²) in [6.45, 7) is 4.50. The monoisotopic (exact) mass is 624 g/mol. The van der Waals surface area contributed by atoms with E-state index in [4.69, 9.17) is 14.9 Å². The van der Waals surface area contributed by atoms with Gasteiger partial charge in [-0.2, -0.15) is 0 Å². The van der Waals surface area contributed by atoms with Crippen LogP contribution in [0, 0.1) is 0 Å². The molecular weight excluding hydrogens is 560 g/mol. The fraction of sp³-hybridized carbons (Fsp3) is 0.600. The summed E-state index contributed by atoms with van der Waals surface area (Å²) in [6.07, 6.45) is 51.1. The summed E-state index contributed by atoms with van der Waals surface area (Å²) in [5.74, 6) is -1.16. The van der Waals surface area contributed by atoms with Crippen LogP contribution in [-0.4, -0.2) is 22.2 Å². The number of carboxylic acid groups (broad SMARTS) is 2. The Morgan fingerprint density at radius 2 is 0.956 bits per heavy atom. The molecule has 1 heterocycles. The molecule has 0 aromatic carbocycles. The third-order valence-electron chi connectivity index (χ3n) is 7.28. The smallest absolute Gasteiger partial charge is 0.375 e. The molecule has 0 saturated heterocycles. The second-order valence-electron chi connectivity index (χ2n) is 11.6. The van der Waals surface area contributed by atoms with E-state index in [9.17, 15) is 9.59 Å². The number of allylic oxidation sites excluding steroid dienone is 12. The lowest BCUT2D eigenvalue weighted by molar-refractivity contribution is -0.137. The number of hydrogen-bond donors (Lipinski definition) is 2. The maximum Gasteiger partial charge on any atom is 0.375 e. The van der Waals surface area contributed by atoms with E-state index >= 15 is 0 Å². The summed E-state index contributed by atoms with van der Waals surface area (Å²) in [6, 6.07) is 0. The minimum absolute atomic E-state index is 0.0695. The molecule has 0 fully saturated rings. The lowest BCUT2D eigenvalue weighted by Gasteiger charge is -2.01. The highest BCUT2D eigenvalue weighted by Gasteiger charge is 2.29. The average Bonchev–Trinajstić information content (AvgIpc) is 3.81. The quantitative estimate of drug-likeness (QED) is 0.0491. The summed E-state index contributed by atoms with van der Waals surface area (Å²) >= 11 is 0. The van der Waals surface area contributed by atoms with Gasteiger partial charge in [0.1, 0.15) is 0 Å². The van der Waals surface area contributed by atoms with Crippen molar-refractivity contribution in [3.8, 4) is 0 Å². The van der Waals surface area contributed by atoms with E-state index in [0.717, 1.165) is 38.5 Å². The minimum atomic E-state index is -0.991. The summed E-state index contributed by atoms with van der Waals surface area (Å²) in [4.78, 5) is 20.8. The molecule has 5 nitrogen and oxygen atoms in total. The average molecular weight is 625 g/mol. The number of aliphatic carboxylic acids is 2. The van der Waals surface area contributed by atoms with Gasteiger partial charge in [0.25, 0.3) is 5.76 Å². The molecule has 1 aliphatic heterocycles. The van der Waals surface area contributed by atoms with Crippen LogP contribution in [0.1, 0.15) is 155 Å². The molecule has 0 aromatic heterocycles. The Morgan fingerprint density at radius 1 is 0.533 bits per heavy atom. The fourth-order valence-corrected chi connectivity index (χ4v) is 4.52. The van der Waals surface area contributed by atoms with E-state index in [2.05, 4.69) is 68.5 Å². The molecular formula is C40H64O5. The maximum atomic E-state index is 10.5. The zero-order chi connectivity index (χ0) is 33.1. The number of carboxylic acids is 2. The molecule has 45 heavy (non-hydrogen) atoms. The summed E-state index contributed by atoms with van der Waals surface area (Å²) in [5, 5.41) is 17.1. The van der Waals surface area contributed by atoms with Gasteiger partial charge in [-0.3, -0.25) is 4.79 Å². The Bertz CT molecular complexity index is 932. The highest BCUT2D eigenvalue weighted by atomic mass is 16.6. The molecule has 0 saturated carbocycles. The van der Waals surface area contributed by atoms with Crippen LogP contribution in [0.3, 0.4) is 0 Å². The Morgan fingerprint density at radius 3 is 1.44 bits per heavy atom. The molecule has 0 bridgehead atoms. The summed E-state index contributed by atoms with van der Waals surface area (Å²) in [5.41, 5.74) is 0. The number of rotatable bonds is 29. The minimum Gasteiger partial charge on any atom is -0.481 e. The zero-order valence-corrected chi connectivity index (χ0v) is 28.6. The van der Waals surface area contributed by atoms with Gasteiger partial charge in [0.2, 0.25) is 0 Å². The SMILES string of the molecule is CCCCC/C=C\C/C=C\C/C=C\C/C=C\CCCC(=O)O.CCCCCCCCCCCCCC=CC=CC1=C(C(=O)O)O1. The Hall–Kier alpha value is -3.08. The zero-order valence-electron chi connectivity index (χ0n) is 28.6. The predicted molar refractivity (Wildman–Crippen MR) is 191 cm³/mol. The molecule has 0 atom stereocenters. The van der Waals surface area contributed by atoms with Gasteiger partial charge in [-0.05, 0) is 63.9 Å². The summed E-state index contributed by atoms with van der Waals surface area (Å²) in [7, 11) is 0. The molecule has 5 heteroatoms. The van der Waals surface area contributed by atoms with Crippen molar-refractivity contribution in [1.82, 2.24) is 0 Å². The van der Waals surface area contributed by atoms with Crippen LogP contribution < -0.4 is 0 Å². The van der Waals surface area contributed by atoms with E-state index in [1.54, 1.807) is 6.08 Å². The second-order valence-corrected chi connectivity index (χ2v) is 11.6. The van der Waals surface area contributed by atoms with Gasteiger partial charge >= 0.3 is 11.9 Å². The van der Waals surface area contributed by atoms with Crippen molar-refractivity contribution in [3.05, 3.63) is 84.4 Å². The molecule has 0 aromatic rings. The normalized spacial score (nSPS) is 13.2. The lowest BCUT2D eigenvalue weighted by Crippen LogP contribution is -1.92. The van der Waals surface area contributed by atoms with Crippen LogP contribution in [-0.2, 0) is 14.3 Å². The van der Waals surface area contributed by atoms with E-state index in [0.29, 0.717) is 5.76 Å². The molecule has 0 aliphatic carbocycles. The number of unbranched alkanes of at least 4 members (excludes halogenated alkanes) is 15. The number of hydrogen-bond acceptors (Lipinski definition) is 3. The highest BCUT2D eigenvalue weighted by molar-refractivity contribution is 5.89. The summed E-state index contributed by atoms with van der Waals surface area (Å²) < 4.78 is 4.81. The molecule has 2 N–H and O–H groups in total. The molecule has 0 unspecified atom stereocenters. The van der Waals surface area contributed by atoms with Gasteiger partial charge in [0, 0.05) is 6.42 Å². The molecule has 0 amide bonds. The topological polar surface area (TPSA) is 87.1 Å². The Balaban J connectivity index is 0.000000862. The second kappa shape index (κ2) is 33.8. The van der Waals surface area contributed by atoms with Crippen LogP contribution in [0.25, 0.3) is 0 Å². The third-order valence-corrected chi connectivity index (χ3v) is 7.28. The van der Waals surface area contributed by atoms with E-state index in [1.165, 1.54) is 96.3 Å². The first kappa shape index (κ1) is 41.9. The van der Waals surface area contributed by atoms with Crippen molar-refractivity contribution in [2.24, 2.45) is 0 Å². The first-order valence-corrected chi connectivity index (χ1v) is 17.8. The molecule has 1 aliphatic rings. The molecule has 1 rings (SSSR count). The van der Waals surface area contributed by atoms with Crippen molar-refractivity contribution in [3.63, 3.8) is 0 Å².